The number of benzene rings is 1. The lowest BCUT2D eigenvalue weighted by molar-refractivity contribution is 1.17. The number of hydrogen-bond acceptors (Lipinski definition) is 5. The third-order valence-electron chi connectivity index (χ3n) is 2.50. The Morgan fingerprint density at radius 3 is 2.56 bits per heavy atom. The Morgan fingerprint density at radius 2 is 1.78 bits per heavy atom. The summed E-state index contributed by atoms with van der Waals surface area (Å²) >= 11 is 2.10. The maximum Gasteiger partial charge on any atom is 0.161 e. The van der Waals surface area contributed by atoms with Crippen molar-refractivity contribution < 1.29 is 0 Å². The second-order valence-electron chi connectivity index (χ2n) is 3.69. The average molecular weight is 349 g/mol. The predicted molar refractivity (Wildman–Crippen MR) is 77.7 cm³/mol. The van der Waals surface area contributed by atoms with Gasteiger partial charge in [0.25, 0.3) is 0 Å². The summed E-state index contributed by atoms with van der Waals surface area (Å²) in [4.78, 5) is 17.0. The van der Waals surface area contributed by atoms with Crippen LogP contribution in [0, 0.1) is 3.57 Å². The molecule has 0 atom stereocenters. The van der Waals surface area contributed by atoms with E-state index in [1.165, 1.54) is 0 Å². The average Bonchev–Trinajstić information content (AvgIpc) is 2.41. The molecule has 6 heteroatoms. The van der Waals surface area contributed by atoms with Gasteiger partial charge in [-0.1, -0.05) is 0 Å². The van der Waals surface area contributed by atoms with Gasteiger partial charge in [0.1, 0.15) is 5.82 Å². The highest BCUT2D eigenvalue weighted by atomic mass is 127. The zero-order chi connectivity index (χ0) is 12.5. The van der Waals surface area contributed by atoms with E-state index in [9.17, 15) is 0 Å². The fourth-order valence-corrected chi connectivity index (χ4v) is 1.88. The predicted octanol–water partition coefficient (Wildman–Crippen LogP) is 2.27. The Hall–Kier alpha value is -1.83. The molecule has 0 radical (unpaired) electrons. The van der Waals surface area contributed by atoms with E-state index < -0.39 is 0 Å². The van der Waals surface area contributed by atoms with Crippen molar-refractivity contribution in [2.24, 2.45) is 0 Å². The molecule has 2 heterocycles. The zero-order valence-corrected chi connectivity index (χ0v) is 11.4. The van der Waals surface area contributed by atoms with Crippen molar-refractivity contribution in [1.82, 2.24) is 19.9 Å². The van der Waals surface area contributed by atoms with Gasteiger partial charge < -0.3 is 5.73 Å². The van der Waals surface area contributed by atoms with Gasteiger partial charge in [0.15, 0.2) is 5.82 Å². The number of nitrogens with two attached hydrogens (primary N) is 1. The van der Waals surface area contributed by atoms with Gasteiger partial charge in [-0.05, 0) is 40.8 Å². The highest BCUT2D eigenvalue weighted by molar-refractivity contribution is 14.1. The Balaban J connectivity index is 2.16. The SMILES string of the molecule is Nc1nc(-c2ccc3nccnc3c2)ncc1I. The van der Waals surface area contributed by atoms with Crippen molar-refractivity contribution in [1.29, 1.82) is 0 Å². The summed E-state index contributed by atoms with van der Waals surface area (Å²) < 4.78 is 0.844. The van der Waals surface area contributed by atoms with Crippen molar-refractivity contribution in [2.75, 3.05) is 5.73 Å². The third-order valence-corrected chi connectivity index (χ3v) is 3.33. The summed E-state index contributed by atoms with van der Waals surface area (Å²) in [5, 5.41) is 0. The molecule has 0 unspecified atom stereocenters. The van der Waals surface area contributed by atoms with Crippen LogP contribution in [-0.4, -0.2) is 19.9 Å². The second kappa shape index (κ2) is 4.45. The fourth-order valence-electron chi connectivity index (χ4n) is 1.62. The van der Waals surface area contributed by atoms with E-state index in [-0.39, 0.29) is 0 Å². The maximum absolute atomic E-state index is 5.78. The minimum Gasteiger partial charge on any atom is -0.383 e. The monoisotopic (exact) mass is 349 g/mol. The van der Waals surface area contributed by atoms with Gasteiger partial charge in [0.2, 0.25) is 0 Å². The first-order valence-electron chi connectivity index (χ1n) is 5.23. The number of nitrogens with zero attached hydrogens (tertiary/aromatic N) is 4. The van der Waals surface area contributed by atoms with Crippen LogP contribution in [0.1, 0.15) is 0 Å². The Morgan fingerprint density at radius 1 is 1.00 bits per heavy atom. The summed E-state index contributed by atoms with van der Waals surface area (Å²) in [6.45, 7) is 0. The van der Waals surface area contributed by atoms with Crippen LogP contribution in [-0.2, 0) is 0 Å². The van der Waals surface area contributed by atoms with E-state index in [0.717, 1.165) is 20.2 Å². The standard InChI is InChI=1S/C12H8IN5/c13-8-6-17-12(18-11(8)14)7-1-2-9-10(5-7)16-4-3-15-9/h1-6H,(H2,14,17,18). The van der Waals surface area contributed by atoms with E-state index in [0.29, 0.717) is 11.6 Å². The van der Waals surface area contributed by atoms with E-state index in [1.807, 2.05) is 18.2 Å². The third kappa shape index (κ3) is 1.99. The molecule has 3 aromatic rings. The number of halogens is 1. The number of fused-ring (bicyclic) bond motifs is 1. The lowest BCUT2D eigenvalue weighted by Gasteiger charge is -2.03. The second-order valence-corrected chi connectivity index (χ2v) is 4.85. The smallest absolute Gasteiger partial charge is 0.161 e. The largest absolute Gasteiger partial charge is 0.383 e. The van der Waals surface area contributed by atoms with E-state index >= 15 is 0 Å². The van der Waals surface area contributed by atoms with Crippen molar-refractivity contribution in [3.8, 4) is 11.4 Å². The number of rotatable bonds is 1. The Labute approximate surface area is 117 Å². The first-order valence-corrected chi connectivity index (χ1v) is 6.31. The summed E-state index contributed by atoms with van der Waals surface area (Å²) in [7, 11) is 0. The van der Waals surface area contributed by atoms with Gasteiger partial charge in [-0.15, -0.1) is 0 Å². The first-order chi connectivity index (χ1) is 8.74. The van der Waals surface area contributed by atoms with E-state index in [4.69, 9.17) is 5.73 Å². The van der Waals surface area contributed by atoms with Crippen LogP contribution < -0.4 is 5.73 Å². The Kier molecular flexibility index (Phi) is 2.78. The van der Waals surface area contributed by atoms with Gasteiger partial charge in [0, 0.05) is 24.2 Å². The molecule has 1 aromatic carbocycles. The van der Waals surface area contributed by atoms with Gasteiger partial charge >= 0.3 is 0 Å². The molecule has 5 nitrogen and oxygen atoms in total. The molecule has 0 saturated carbocycles. The molecule has 88 valence electrons. The van der Waals surface area contributed by atoms with E-state index in [2.05, 4.69) is 42.5 Å². The molecule has 0 bridgehead atoms. The van der Waals surface area contributed by atoms with Crippen molar-refractivity contribution in [3.05, 3.63) is 40.4 Å². The molecule has 3 rings (SSSR count). The van der Waals surface area contributed by atoms with Crippen LogP contribution in [0.25, 0.3) is 22.4 Å². The number of anilines is 1. The van der Waals surface area contributed by atoms with Gasteiger partial charge in [-0.2, -0.15) is 0 Å². The fraction of sp³-hybridized carbons (Fsp3) is 0. The first kappa shape index (κ1) is 11.3. The van der Waals surface area contributed by atoms with Crippen LogP contribution in [0.15, 0.2) is 36.8 Å². The number of hydrogen-bond donors (Lipinski definition) is 1. The summed E-state index contributed by atoms with van der Waals surface area (Å²) in [6.07, 6.45) is 5.04. The number of nitrogen functional groups attached to an aromatic ring is 1. The summed E-state index contributed by atoms with van der Waals surface area (Å²) in [5.41, 5.74) is 8.33. The molecule has 2 aromatic heterocycles. The Bertz CT molecular complexity index is 728. The topological polar surface area (TPSA) is 77.6 Å². The maximum atomic E-state index is 5.78. The molecule has 0 saturated heterocycles. The minimum atomic E-state index is 0.486. The lowest BCUT2D eigenvalue weighted by Crippen LogP contribution is -1.98. The van der Waals surface area contributed by atoms with Gasteiger partial charge in [-0.3, -0.25) is 9.97 Å². The van der Waals surface area contributed by atoms with Crippen LogP contribution in [0.5, 0.6) is 0 Å². The molecule has 18 heavy (non-hydrogen) atoms. The highest BCUT2D eigenvalue weighted by Crippen LogP contribution is 2.21. The molecule has 2 N–H and O–H groups in total. The molecule has 0 spiro atoms. The van der Waals surface area contributed by atoms with Crippen molar-refractivity contribution >= 4 is 39.4 Å². The van der Waals surface area contributed by atoms with Crippen LogP contribution >= 0.6 is 22.6 Å². The van der Waals surface area contributed by atoms with Gasteiger partial charge in [0.05, 0.1) is 14.6 Å². The highest BCUT2D eigenvalue weighted by Gasteiger charge is 2.06. The molecular weight excluding hydrogens is 341 g/mol. The minimum absolute atomic E-state index is 0.486. The van der Waals surface area contributed by atoms with Crippen molar-refractivity contribution in [3.63, 3.8) is 0 Å². The molecule has 0 aliphatic rings. The summed E-state index contributed by atoms with van der Waals surface area (Å²) in [5.74, 6) is 1.08. The summed E-state index contributed by atoms with van der Waals surface area (Å²) in [6, 6.07) is 5.72. The van der Waals surface area contributed by atoms with Gasteiger partial charge in [-0.25, -0.2) is 9.97 Å². The molecular formula is C12H8IN5. The lowest BCUT2D eigenvalue weighted by atomic mass is 10.2. The molecule has 0 aliphatic carbocycles. The van der Waals surface area contributed by atoms with E-state index in [1.54, 1.807) is 18.6 Å². The molecule has 0 fully saturated rings. The zero-order valence-electron chi connectivity index (χ0n) is 9.21. The molecule has 0 amide bonds. The van der Waals surface area contributed by atoms with Crippen LogP contribution in [0.3, 0.4) is 0 Å². The van der Waals surface area contributed by atoms with Crippen molar-refractivity contribution in [2.45, 2.75) is 0 Å². The van der Waals surface area contributed by atoms with Crippen LogP contribution in [0.4, 0.5) is 5.82 Å². The number of aromatic nitrogens is 4. The quantitative estimate of drug-likeness (QED) is 0.682. The normalized spacial score (nSPS) is 10.7. The molecule has 0 aliphatic heterocycles. The van der Waals surface area contributed by atoms with Crippen LogP contribution in [0.2, 0.25) is 0 Å².